The van der Waals surface area contributed by atoms with Gasteiger partial charge in [-0.3, -0.25) is 0 Å². The third kappa shape index (κ3) is 5.53. The van der Waals surface area contributed by atoms with E-state index in [0.717, 1.165) is 54.5 Å². The third-order valence-corrected chi connectivity index (χ3v) is 15.8. The Hall–Kier alpha value is -8.77. The first kappa shape index (κ1) is 38.3. The summed E-state index contributed by atoms with van der Waals surface area (Å²) >= 11 is 1.78. The van der Waals surface area contributed by atoms with Gasteiger partial charge in [-0.25, -0.2) is 15.0 Å². The van der Waals surface area contributed by atoms with Gasteiger partial charge in [-0.1, -0.05) is 182 Å². The Morgan fingerprint density at radius 3 is 1.59 bits per heavy atom. The summed E-state index contributed by atoms with van der Waals surface area (Å²) in [5.41, 5.74) is 19.2. The number of hydrogen-bond donors (Lipinski definition) is 0. The molecule has 0 N–H and O–H groups in total. The lowest BCUT2D eigenvalue weighted by molar-refractivity contribution is 0.669. The van der Waals surface area contributed by atoms with Crippen LogP contribution in [-0.2, 0) is 5.41 Å². The van der Waals surface area contributed by atoms with Gasteiger partial charge in [-0.2, -0.15) is 0 Å². The lowest BCUT2D eigenvalue weighted by Crippen LogP contribution is -2.25. The summed E-state index contributed by atoms with van der Waals surface area (Å²) in [6.45, 7) is 0. The first-order valence-corrected chi connectivity index (χ1v) is 24.2. The van der Waals surface area contributed by atoms with Crippen molar-refractivity contribution in [3.05, 3.63) is 247 Å². The molecule has 2 aliphatic rings. The minimum atomic E-state index is -0.398. The van der Waals surface area contributed by atoms with E-state index in [9.17, 15) is 0 Å². The third-order valence-electron chi connectivity index (χ3n) is 14.6. The maximum absolute atomic E-state index is 6.62. The highest BCUT2D eigenvalue weighted by atomic mass is 32.1. The topological polar surface area (TPSA) is 51.8 Å². The van der Waals surface area contributed by atoms with Crippen LogP contribution in [-0.4, -0.2) is 15.0 Å². The van der Waals surface area contributed by atoms with Gasteiger partial charge in [0.05, 0.1) is 5.41 Å². The van der Waals surface area contributed by atoms with Crippen LogP contribution in [0, 0.1) is 0 Å². The average molecular weight is 896 g/mol. The van der Waals surface area contributed by atoms with Crippen molar-refractivity contribution in [2.75, 3.05) is 0 Å². The summed E-state index contributed by atoms with van der Waals surface area (Å²) in [5.74, 6) is 1.86. The number of hydrogen-bond acceptors (Lipinski definition) is 5. The fourth-order valence-corrected chi connectivity index (χ4v) is 12.8. The van der Waals surface area contributed by atoms with E-state index >= 15 is 0 Å². The molecule has 0 atom stereocenters. The van der Waals surface area contributed by atoms with Crippen molar-refractivity contribution >= 4 is 53.4 Å². The minimum absolute atomic E-state index is 0.398. The summed E-state index contributed by atoms with van der Waals surface area (Å²) in [5, 5.41) is 4.42. The summed E-state index contributed by atoms with van der Waals surface area (Å²) in [4.78, 5) is 15.7. The normalized spacial score (nSPS) is 13.0. The first-order chi connectivity index (χ1) is 34.2. The quantitative estimate of drug-likeness (QED) is 0.173. The van der Waals surface area contributed by atoms with Crippen LogP contribution in [0.15, 0.2) is 229 Å². The Balaban J connectivity index is 0.872. The molecule has 0 aliphatic heterocycles. The van der Waals surface area contributed by atoms with E-state index < -0.39 is 5.41 Å². The van der Waals surface area contributed by atoms with Gasteiger partial charge in [-0.05, 0) is 109 Å². The predicted molar refractivity (Wildman–Crippen MR) is 283 cm³/mol. The van der Waals surface area contributed by atoms with Crippen LogP contribution in [0.25, 0.3) is 121 Å². The second kappa shape index (κ2) is 14.6. The fraction of sp³-hybridized carbons (Fsp3) is 0.0156. The molecular weight excluding hydrogens is 859 g/mol. The van der Waals surface area contributed by atoms with E-state index in [0.29, 0.717) is 17.5 Å². The number of fused-ring (bicyclic) bond motifs is 16. The Labute approximate surface area is 401 Å². The van der Waals surface area contributed by atoms with E-state index in [1.165, 1.54) is 71.1 Å². The standard InChI is InChI=1S/C64H37N3OS/c1-2-15-38(16-3-1)61-65-62(67-63(66-61)50-25-13-23-48-47-22-7-11-30-58(47)69-60(48)50)49-24-14-29-57-59(49)51-36-41(32-34-56(51)68-57)39-17-12-18-40(35-39)42-31-33-46-45-21-6-10-28-54(45)64(55(46)37-42)52-26-8-4-19-43(52)44-20-5-9-27-53(44)64/h1-37H. The summed E-state index contributed by atoms with van der Waals surface area (Å²) < 4.78 is 9.01. The van der Waals surface area contributed by atoms with Crippen molar-refractivity contribution in [1.29, 1.82) is 0 Å². The molecule has 2 aliphatic carbocycles. The van der Waals surface area contributed by atoms with Gasteiger partial charge in [0.2, 0.25) is 0 Å². The van der Waals surface area contributed by atoms with Crippen molar-refractivity contribution in [2.45, 2.75) is 5.41 Å². The molecule has 15 rings (SSSR count). The van der Waals surface area contributed by atoms with Gasteiger partial charge < -0.3 is 4.42 Å². The number of benzene rings is 10. The number of furan rings is 1. The Morgan fingerprint density at radius 1 is 0.319 bits per heavy atom. The molecule has 0 radical (unpaired) electrons. The van der Waals surface area contributed by atoms with E-state index in [4.69, 9.17) is 19.4 Å². The van der Waals surface area contributed by atoms with Crippen molar-refractivity contribution in [1.82, 2.24) is 15.0 Å². The Kier molecular flexibility index (Phi) is 8.12. The molecular formula is C64H37N3OS. The smallest absolute Gasteiger partial charge is 0.165 e. The minimum Gasteiger partial charge on any atom is -0.456 e. The van der Waals surface area contributed by atoms with Crippen LogP contribution < -0.4 is 0 Å². The second-order valence-electron chi connectivity index (χ2n) is 18.2. The van der Waals surface area contributed by atoms with Gasteiger partial charge in [0.1, 0.15) is 11.2 Å². The van der Waals surface area contributed by atoms with Crippen molar-refractivity contribution in [3.63, 3.8) is 0 Å². The molecule has 3 aromatic heterocycles. The lowest BCUT2D eigenvalue weighted by atomic mass is 9.70. The molecule has 5 heteroatoms. The van der Waals surface area contributed by atoms with Gasteiger partial charge in [-0.15, -0.1) is 11.3 Å². The highest BCUT2D eigenvalue weighted by molar-refractivity contribution is 7.26. The highest BCUT2D eigenvalue weighted by Crippen LogP contribution is 2.63. The molecule has 13 aromatic rings. The molecule has 10 aromatic carbocycles. The maximum atomic E-state index is 6.62. The highest BCUT2D eigenvalue weighted by Gasteiger charge is 2.51. The zero-order valence-corrected chi connectivity index (χ0v) is 37.8. The summed E-state index contributed by atoms with van der Waals surface area (Å²) in [6, 6.07) is 81.0. The van der Waals surface area contributed by atoms with E-state index in [-0.39, 0.29) is 0 Å². The zero-order valence-electron chi connectivity index (χ0n) is 37.0. The van der Waals surface area contributed by atoms with E-state index in [1.807, 2.05) is 30.3 Å². The lowest BCUT2D eigenvalue weighted by Gasteiger charge is -2.30. The monoisotopic (exact) mass is 895 g/mol. The van der Waals surface area contributed by atoms with Crippen LogP contribution in [0.5, 0.6) is 0 Å². The maximum Gasteiger partial charge on any atom is 0.165 e. The van der Waals surface area contributed by atoms with Crippen LogP contribution in [0.2, 0.25) is 0 Å². The molecule has 0 fully saturated rings. The van der Waals surface area contributed by atoms with Gasteiger partial charge in [0.15, 0.2) is 17.5 Å². The first-order valence-electron chi connectivity index (χ1n) is 23.4. The van der Waals surface area contributed by atoms with Crippen molar-refractivity contribution < 1.29 is 4.42 Å². The van der Waals surface area contributed by atoms with Crippen molar-refractivity contribution in [3.8, 4) is 78.7 Å². The number of rotatable bonds is 5. The van der Waals surface area contributed by atoms with Crippen molar-refractivity contribution in [2.24, 2.45) is 0 Å². The van der Waals surface area contributed by atoms with Crippen LogP contribution in [0.3, 0.4) is 0 Å². The van der Waals surface area contributed by atoms with Gasteiger partial charge in [0, 0.05) is 47.6 Å². The SMILES string of the molecule is c1ccc(-c2nc(-c3cccc4c3sc3ccccc34)nc(-c3cccc4oc5ccc(-c6cccc(-c7ccc8c(c7)C7(c9ccccc9-c9ccccc97)c7ccccc7-8)c6)cc5c34)n2)cc1. The number of aromatic nitrogens is 3. The molecule has 4 nitrogen and oxygen atoms in total. The van der Waals surface area contributed by atoms with E-state index in [1.54, 1.807) is 11.3 Å². The number of nitrogens with zero attached hydrogens (tertiary/aromatic N) is 3. The van der Waals surface area contributed by atoms with Crippen LogP contribution >= 0.6 is 11.3 Å². The number of thiophene rings is 1. The molecule has 0 bridgehead atoms. The largest absolute Gasteiger partial charge is 0.456 e. The van der Waals surface area contributed by atoms with Crippen LogP contribution in [0.4, 0.5) is 0 Å². The van der Waals surface area contributed by atoms with Crippen LogP contribution in [0.1, 0.15) is 22.3 Å². The summed E-state index contributed by atoms with van der Waals surface area (Å²) in [7, 11) is 0. The Bertz CT molecular complexity index is 4210. The molecule has 0 unspecified atom stereocenters. The summed E-state index contributed by atoms with van der Waals surface area (Å²) in [6.07, 6.45) is 0. The molecule has 1 spiro atoms. The molecule has 69 heavy (non-hydrogen) atoms. The zero-order chi connectivity index (χ0) is 45.2. The predicted octanol–water partition coefficient (Wildman–Crippen LogP) is 16.8. The average Bonchev–Trinajstić information content (AvgIpc) is 4.16. The Morgan fingerprint density at radius 2 is 0.841 bits per heavy atom. The molecule has 320 valence electrons. The molecule has 3 heterocycles. The molecule has 0 amide bonds. The van der Waals surface area contributed by atoms with Gasteiger partial charge in [0.25, 0.3) is 0 Å². The molecule has 0 saturated carbocycles. The van der Waals surface area contributed by atoms with Gasteiger partial charge >= 0.3 is 0 Å². The molecule has 0 saturated heterocycles. The van der Waals surface area contributed by atoms with E-state index in [2.05, 4.69) is 194 Å². The fourth-order valence-electron chi connectivity index (χ4n) is 11.6. The second-order valence-corrected chi connectivity index (χ2v) is 19.2.